The van der Waals surface area contributed by atoms with Crippen LogP contribution >= 0.6 is 0 Å². The number of methoxy groups -OCH3 is 2. The summed E-state index contributed by atoms with van der Waals surface area (Å²) in [5.41, 5.74) is 3.38. The fourth-order valence-corrected chi connectivity index (χ4v) is 3.57. The molecule has 0 spiro atoms. The molecule has 2 aromatic carbocycles. The number of nitrogens with one attached hydrogen (secondary N) is 1. The molecule has 2 aromatic rings. The smallest absolute Gasteiger partial charge is 0.220 e. The fourth-order valence-electron chi connectivity index (χ4n) is 3.57. The van der Waals surface area contributed by atoms with Gasteiger partial charge in [-0.2, -0.15) is 0 Å². The minimum atomic E-state index is 0.0241. The second kappa shape index (κ2) is 10.8. The maximum absolute atomic E-state index is 12.4. The van der Waals surface area contributed by atoms with Gasteiger partial charge in [0.1, 0.15) is 0 Å². The molecule has 6 heteroatoms. The Morgan fingerprint density at radius 1 is 1.00 bits per heavy atom. The first-order valence-corrected chi connectivity index (χ1v) is 10.0. The quantitative estimate of drug-likeness (QED) is 0.704. The molecule has 0 saturated carbocycles. The van der Waals surface area contributed by atoms with Gasteiger partial charge in [0.05, 0.1) is 27.4 Å². The van der Waals surface area contributed by atoms with Gasteiger partial charge in [-0.3, -0.25) is 9.69 Å². The van der Waals surface area contributed by atoms with E-state index in [1.807, 2.05) is 24.3 Å². The predicted octanol–water partition coefficient (Wildman–Crippen LogP) is 2.79. The Bertz CT molecular complexity index is 803. The van der Waals surface area contributed by atoms with Gasteiger partial charge in [0.25, 0.3) is 0 Å². The lowest BCUT2D eigenvalue weighted by Gasteiger charge is -2.27. The Labute approximate surface area is 172 Å². The normalized spacial score (nSPS) is 14.4. The SMILES string of the molecule is COc1cccc(CCC(=O)NCc2ccccc2CN2CCOCC2)c1OC. The van der Waals surface area contributed by atoms with E-state index in [0.29, 0.717) is 30.9 Å². The lowest BCUT2D eigenvalue weighted by Crippen LogP contribution is -2.36. The number of aryl methyl sites for hydroxylation is 1. The molecule has 1 fully saturated rings. The average Bonchev–Trinajstić information content (AvgIpc) is 2.77. The highest BCUT2D eigenvalue weighted by Gasteiger charge is 2.14. The molecule has 1 N–H and O–H groups in total. The molecule has 29 heavy (non-hydrogen) atoms. The number of nitrogens with zero attached hydrogens (tertiary/aromatic N) is 1. The summed E-state index contributed by atoms with van der Waals surface area (Å²) < 4.78 is 16.2. The van der Waals surface area contributed by atoms with E-state index < -0.39 is 0 Å². The van der Waals surface area contributed by atoms with Gasteiger partial charge in [-0.05, 0) is 29.2 Å². The number of amides is 1. The van der Waals surface area contributed by atoms with Crippen LogP contribution in [-0.4, -0.2) is 51.3 Å². The summed E-state index contributed by atoms with van der Waals surface area (Å²) >= 11 is 0. The maximum atomic E-state index is 12.4. The molecule has 1 aliphatic rings. The highest BCUT2D eigenvalue weighted by atomic mass is 16.5. The minimum absolute atomic E-state index is 0.0241. The third kappa shape index (κ3) is 5.95. The first-order valence-electron chi connectivity index (χ1n) is 10.0. The van der Waals surface area contributed by atoms with Crippen LogP contribution in [0.5, 0.6) is 11.5 Å². The first-order chi connectivity index (χ1) is 14.2. The number of carbonyl (C=O) groups is 1. The Morgan fingerprint density at radius 2 is 1.72 bits per heavy atom. The van der Waals surface area contributed by atoms with E-state index in [2.05, 4.69) is 28.4 Å². The van der Waals surface area contributed by atoms with E-state index in [4.69, 9.17) is 14.2 Å². The third-order valence-electron chi connectivity index (χ3n) is 5.20. The van der Waals surface area contributed by atoms with E-state index in [-0.39, 0.29) is 5.91 Å². The molecule has 1 saturated heterocycles. The summed E-state index contributed by atoms with van der Waals surface area (Å²) in [6, 6.07) is 14.0. The molecule has 1 aliphatic heterocycles. The molecule has 1 amide bonds. The molecule has 0 unspecified atom stereocenters. The van der Waals surface area contributed by atoms with Crippen molar-refractivity contribution in [3.8, 4) is 11.5 Å². The van der Waals surface area contributed by atoms with Gasteiger partial charge in [0.15, 0.2) is 11.5 Å². The number of rotatable bonds is 9. The van der Waals surface area contributed by atoms with E-state index >= 15 is 0 Å². The van der Waals surface area contributed by atoms with Crippen LogP contribution in [0.2, 0.25) is 0 Å². The second-order valence-corrected chi connectivity index (χ2v) is 7.09. The lowest BCUT2D eigenvalue weighted by molar-refractivity contribution is -0.121. The molecular weight excluding hydrogens is 368 g/mol. The van der Waals surface area contributed by atoms with Gasteiger partial charge in [0, 0.05) is 32.6 Å². The molecule has 156 valence electrons. The molecule has 0 atom stereocenters. The van der Waals surface area contributed by atoms with E-state index in [1.165, 1.54) is 5.56 Å². The summed E-state index contributed by atoms with van der Waals surface area (Å²) in [6.07, 6.45) is 0.997. The van der Waals surface area contributed by atoms with Crippen molar-refractivity contribution in [2.75, 3.05) is 40.5 Å². The van der Waals surface area contributed by atoms with Gasteiger partial charge in [-0.25, -0.2) is 0 Å². The second-order valence-electron chi connectivity index (χ2n) is 7.09. The topological polar surface area (TPSA) is 60.0 Å². The highest BCUT2D eigenvalue weighted by Crippen LogP contribution is 2.31. The largest absolute Gasteiger partial charge is 0.493 e. The number of hydrogen-bond donors (Lipinski definition) is 1. The Kier molecular flexibility index (Phi) is 7.90. The predicted molar refractivity (Wildman–Crippen MR) is 112 cm³/mol. The van der Waals surface area contributed by atoms with Gasteiger partial charge in [0.2, 0.25) is 5.91 Å². The van der Waals surface area contributed by atoms with Gasteiger partial charge in [-0.1, -0.05) is 36.4 Å². The lowest BCUT2D eigenvalue weighted by atomic mass is 10.1. The van der Waals surface area contributed by atoms with Crippen LogP contribution in [0.25, 0.3) is 0 Å². The van der Waals surface area contributed by atoms with E-state index in [9.17, 15) is 4.79 Å². The Balaban J connectivity index is 1.53. The number of ether oxygens (including phenoxy) is 3. The number of para-hydroxylation sites is 1. The van der Waals surface area contributed by atoms with Crippen LogP contribution in [0.4, 0.5) is 0 Å². The molecule has 0 aliphatic carbocycles. The molecular formula is C23H30N2O4. The number of carbonyl (C=O) groups excluding carboxylic acids is 1. The summed E-state index contributed by atoms with van der Waals surface area (Å²) in [6.45, 7) is 4.89. The maximum Gasteiger partial charge on any atom is 0.220 e. The zero-order chi connectivity index (χ0) is 20.5. The van der Waals surface area contributed by atoms with Crippen molar-refractivity contribution in [3.63, 3.8) is 0 Å². The van der Waals surface area contributed by atoms with Gasteiger partial charge < -0.3 is 19.5 Å². The Morgan fingerprint density at radius 3 is 2.45 bits per heavy atom. The van der Waals surface area contributed by atoms with Crippen molar-refractivity contribution in [2.45, 2.75) is 25.9 Å². The van der Waals surface area contributed by atoms with Crippen molar-refractivity contribution >= 4 is 5.91 Å². The molecule has 0 aromatic heterocycles. The molecule has 1 heterocycles. The van der Waals surface area contributed by atoms with E-state index in [1.54, 1.807) is 14.2 Å². The average molecular weight is 399 g/mol. The fraction of sp³-hybridized carbons (Fsp3) is 0.435. The van der Waals surface area contributed by atoms with Crippen LogP contribution in [0, 0.1) is 0 Å². The van der Waals surface area contributed by atoms with Crippen LogP contribution in [-0.2, 0) is 29.0 Å². The zero-order valence-corrected chi connectivity index (χ0v) is 17.3. The summed E-state index contributed by atoms with van der Waals surface area (Å²) in [5, 5.41) is 3.06. The highest BCUT2D eigenvalue weighted by molar-refractivity contribution is 5.76. The van der Waals surface area contributed by atoms with Crippen LogP contribution in [0.15, 0.2) is 42.5 Å². The van der Waals surface area contributed by atoms with E-state index in [0.717, 1.165) is 44.0 Å². The number of morpholine rings is 1. The summed E-state index contributed by atoms with van der Waals surface area (Å²) in [7, 11) is 3.23. The standard InChI is InChI=1S/C23H30N2O4/c1-27-21-9-5-8-18(23(21)28-2)10-11-22(26)24-16-19-6-3-4-7-20(19)17-25-12-14-29-15-13-25/h3-9H,10-17H2,1-2H3,(H,24,26). The minimum Gasteiger partial charge on any atom is -0.493 e. The summed E-state index contributed by atoms with van der Waals surface area (Å²) in [4.78, 5) is 14.8. The van der Waals surface area contributed by atoms with Crippen LogP contribution in [0.3, 0.4) is 0 Å². The van der Waals surface area contributed by atoms with Crippen molar-refractivity contribution in [1.82, 2.24) is 10.2 Å². The van der Waals surface area contributed by atoms with Crippen molar-refractivity contribution in [2.24, 2.45) is 0 Å². The molecule has 3 rings (SSSR count). The van der Waals surface area contributed by atoms with Gasteiger partial charge >= 0.3 is 0 Å². The molecule has 0 radical (unpaired) electrons. The summed E-state index contributed by atoms with van der Waals surface area (Å²) in [5.74, 6) is 1.40. The van der Waals surface area contributed by atoms with Crippen molar-refractivity contribution in [3.05, 3.63) is 59.2 Å². The third-order valence-corrected chi connectivity index (χ3v) is 5.20. The monoisotopic (exact) mass is 398 g/mol. The van der Waals surface area contributed by atoms with Crippen LogP contribution < -0.4 is 14.8 Å². The van der Waals surface area contributed by atoms with Crippen molar-refractivity contribution < 1.29 is 19.0 Å². The van der Waals surface area contributed by atoms with Crippen molar-refractivity contribution in [1.29, 1.82) is 0 Å². The number of hydrogen-bond acceptors (Lipinski definition) is 5. The molecule has 6 nitrogen and oxygen atoms in total. The van der Waals surface area contributed by atoms with Gasteiger partial charge in [-0.15, -0.1) is 0 Å². The number of benzene rings is 2. The zero-order valence-electron chi connectivity index (χ0n) is 17.3. The Hall–Kier alpha value is -2.57. The first kappa shape index (κ1) is 21.1. The van der Waals surface area contributed by atoms with Crippen LogP contribution in [0.1, 0.15) is 23.1 Å². The molecule has 0 bridgehead atoms.